The number of aromatic nitrogens is 2. The molecule has 0 fully saturated rings. The van der Waals surface area contributed by atoms with Gasteiger partial charge in [-0.1, -0.05) is 30.3 Å². The zero-order valence-corrected chi connectivity index (χ0v) is 20.1. The SMILES string of the molecule is CC(O)C(NC(=O)C(N)CC(N)=O)C(=O)NC(Cc1cnc[nH]1)C(=O)NC(Cc1ccccc1)C(=O)O. The molecule has 0 aliphatic heterocycles. The van der Waals surface area contributed by atoms with Crippen molar-refractivity contribution in [1.82, 2.24) is 25.9 Å². The Morgan fingerprint density at radius 3 is 2.16 bits per heavy atom. The van der Waals surface area contributed by atoms with Crippen molar-refractivity contribution in [3.63, 3.8) is 0 Å². The molecular formula is C23H31N7O7. The number of nitrogens with one attached hydrogen (secondary N) is 4. The highest BCUT2D eigenvalue weighted by atomic mass is 16.4. The largest absolute Gasteiger partial charge is 0.480 e. The van der Waals surface area contributed by atoms with Crippen LogP contribution in [0, 0.1) is 0 Å². The first-order chi connectivity index (χ1) is 17.5. The number of aliphatic carboxylic acids is 1. The summed E-state index contributed by atoms with van der Waals surface area (Å²) in [4.78, 5) is 67.9. The zero-order chi connectivity index (χ0) is 27.5. The van der Waals surface area contributed by atoms with E-state index in [4.69, 9.17) is 11.5 Å². The number of imidazole rings is 1. The predicted molar refractivity (Wildman–Crippen MR) is 129 cm³/mol. The molecule has 0 saturated carbocycles. The number of carbonyl (C=O) groups is 5. The van der Waals surface area contributed by atoms with Crippen LogP contribution in [0.5, 0.6) is 0 Å². The van der Waals surface area contributed by atoms with Crippen LogP contribution >= 0.6 is 0 Å². The van der Waals surface area contributed by atoms with Gasteiger partial charge in [-0.25, -0.2) is 9.78 Å². The van der Waals surface area contributed by atoms with E-state index in [0.717, 1.165) is 0 Å². The van der Waals surface area contributed by atoms with Crippen LogP contribution in [0.4, 0.5) is 0 Å². The molecule has 5 atom stereocenters. The summed E-state index contributed by atoms with van der Waals surface area (Å²) in [5.74, 6) is -4.78. The maximum Gasteiger partial charge on any atom is 0.326 e. The summed E-state index contributed by atoms with van der Waals surface area (Å²) in [5, 5.41) is 26.8. The Morgan fingerprint density at radius 1 is 0.973 bits per heavy atom. The second-order valence-corrected chi connectivity index (χ2v) is 8.44. The van der Waals surface area contributed by atoms with Crippen molar-refractivity contribution in [2.24, 2.45) is 11.5 Å². The van der Waals surface area contributed by atoms with Crippen LogP contribution in [0.2, 0.25) is 0 Å². The number of hydrogen-bond donors (Lipinski definition) is 8. The van der Waals surface area contributed by atoms with Crippen LogP contribution < -0.4 is 27.4 Å². The normalized spacial score (nSPS) is 14.9. The van der Waals surface area contributed by atoms with E-state index >= 15 is 0 Å². The van der Waals surface area contributed by atoms with Gasteiger partial charge in [-0.3, -0.25) is 19.2 Å². The molecule has 200 valence electrons. The number of hydrogen-bond acceptors (Lipinski definition) is 8. The molecule has 1 heterocycles. The average molecular weight is 518 g/mol. The monoisotopic (exact) mass is 517 g/mol. The molecule has 14 heteroatoms. The minimum atomic E-state index is -1.54. The number of carboxylic acid groups (broad SMARTS) is 1. The molecule has 37 heavy (non-hydrogen) atoms. The van der Waals surface area contributed by atoms with Gasteiger partial charge in [0.15, 0.2) is 0 Å². The Labute approximate surface area is 212 Å². The molecule has 0 radical (unpaired) electrons. The number of aromatic amines is 1. The third kappa shape index (κ3) is 9.35. The number of amides is 4. The number of carbonyl (C=O) groups excluding carboxylic acids is 4. The highest BCUT2D eigenvalue weighted by Gasteiger charge is 2.33. The Kier molecular flexibility index (Phi) is 10.7. The first-order valence-corrected chi connectivity index (χ1v) is 11.3. The fraction of sp³-hybridized carbons (Fsp3) is 0.391. The van der Waals surface area contributed by atoms with Gasteiger partial charge in [-0.2, -0.15) is 0 Å². The number of aliphatic hydroxyl groups excluding tert-OH is 1. The van der Waals surface area contributed by atoms with Gasteiger partial charge < -0.3 is 42.6 Å². The number of rotatable bonds is 14. The Morgan fingerprint density at radius 2 is 1.62 bits per heavy atom. The van der Waals surface area contributed by atoms with Crippen molar-refractivity contribution in [2.45, 2.75) is 56.5 Å². The van der Waals surface area contributed by atoms with Gasteiger partial charge in [0.05, 0.1) is 24.9 Å². The van der Waals surface area contributed by atoms with Gasteiger partial charge in [0.2, 0.25) is 23.6 Å². The summed E-state index contributed by atoms with van der Waals surface area (Å²) >= 11 is 0. The maximum atomic E-state index is 13.1. The lowest BCUT2D eigenvalue weighted by atomic mass is 10.0. The number of nitrogens with two attached hydrogens (primary N) is 2. The van der Waals surface area contributed by atoms with Gasteiger partial charge in [-0.15, -0.1) is 0 Å². The van der Waals surface area contributed by atoms with Crippen molar-refractivity contribution in [1.29, 1.82) is 0 Å². The number of H-pyrrole nitrogens is 1. The lowest BCUT2D eigenvalue weighted by Crippen LogP contribution is -2.60. The van der Waals surface area contributed by atoms with E-state index in [9.17, 15) is 34.2 Å². The van der Waals surface area contributed by atoms with Crippen LogP contribution in [-0.2, 0) is 36.8 Å². The molecule has 0 saturated heterocycles. The molecule has 10 N–H and O–H groups in total. The minimum absolute atomic E-state index is 0.00323. The fourth-order valence-corrected chi connectivity index (χ4v) is 3.38. The van der Waals surface area contributed by atoms with Gasteiger partial charge in [0, 0.05) is 24.7 Å². The van der Waals surface area contributed by atoms with Gasteiger partial charge in [0.25, 0.3) is 0 Å². The molecule has 4 amide bonds. The molecule has 14 nitrogen and oxygen atoms in total. The minimum Gasteiger partial charge on any atom is -0.480 e. The third-order valence-electron chi connectivity index (χ3n) is 5.33. The lowest BCUT2D eigenvalue weighted by molar-refractivity contribution is -0.142. The summed E-state index contributed by atoms with van der Waals surface area (Å²) in [5.41, 5.74) is 11.8. The Bertz CT molecular complexity index is 1080. The van der Waals surface area contributed by atoms with E-state index in [1.54, 1.807) is 30.3 Å². The standard InChI is InChI=1S/C23H31N7O7/c1-12(31)19(30-20(33)15(24)9-18(25)32)22(35)28-16(8-14-10-26-11-27-14)21(34)29-17(23(36)37)7-13-5-3-2-4-6-13/h2-6,10-12,15-17,19,31H,7-9,24H2,1H3,(H2,25,32)(H,26,27)(H,28,35)(H,29,34)(H,30,33)(H,36,37). The molecule has 0 aliphatic carbocycles. The quantitative estimate of drug-likeness (QED) is 0.130. The van der Waals surface area contributed by atoms with Crippen molar-refractivity contribution in [3.05, 3.63) is 54.1 Å². The zero-order valence-electron chi connectivity index (χ0n) is 20.1. The van der Waals surface area contributed by atoms with E-state index in [2.05, 4.69) is 25.9 Å². The number of benzene rings is 1. The van der Waals surface area contributed by atoms with Crippen molar-refractivity contribution < 1.29 is 34.2 Å². The van der Waals surface area contributed by atoms with Crippen LogP contribution in [-0.4, -0.2) is 80.1 Å². The summed E-state index contributed by atoms with van der Waals surface area (Å²) in [6, 6.07) is 3.17. The average Bonchev–Trinajstić information content (AvgIpc) is 3.34. The van der Waals surface area contributed by atoms with Crippen LogP contribution in [0.15, 0.2) is 42.9 Å². The molecule has 5 unspecified atom stereocenters. The van der Waals surface area contributed by atoms with Crippen molar-refractivity contribution >= 4 is 29.6 Å². The molecule has 0 bridgehead atoms. The first kappa shape index (κ1) is 28.9. The molecule has 0 aliphatic rings. The molecule has 0 spiro atoms. The Balaban J connectivity index is 2.19. The third-order valence-corrected chi connectivity index (χ3v) is 5.33. The van der Waals surface area contributed by atoms with Gasteiger partial charge >= 0.3 is 5.97 Å². The smallest absolute Gasteiger partial charge is 0.326 e. The molecule has 2 rings (SSSR count). The molecule has 1 aromatic carbocycles. The van der Waals surface area contributed by atoms with Gasteiger partial charge in [-0.05, 0) is 12.5 Å². The highest BCUT2D eigenvalue weighted by molar-refractivity contribution is 5.95. The number of nitrogens with zero attached hydrogens (tertiary/aromatic N) is 1. The fourth-order valence-electron chi connectivity index (χ4n) is 3.38. The lowest BCUT2D eigenvalue weighted by Gasteiger charge is -2.26. The topological polar surface area (TPSA) is 243 Å². The first-order valence-electron chi connectivity index (χ1n) is 11.3. The van der Waals surface area contributed by atoms with E-state index in [1.165, 1.54) is 19.4 Å². The number of aliphatic hydroxyl groups is 1. The summed E-state index contributed by atoms with van der Waals surface area (Å²) in [6.45, 7) is 1.23. The number of primary amides is 1. The second-order valence-electron chi connectivity index (χ2n) is 8.44. The van der Waals surface area contributed by atoms with Crippen molar-refractivity contribution in [2.75, 3.05) is 0 Å². The van der Waals surface area contributed by atoms with Crippen molar-refractivity contribution in [3.8, 4) is 0 Å². The van der Waals surface area contributed by atoms with Crippen LogP contribution in [0.1, 0.15) is 24.6 Å². The maximum absolute atomic E-state index is 13.1. The molecule has 1 aromatic heterocycles. The molecule has 2 aromatic rings. The predicted octanol–water partition coefficient (Wildman–Crippen LogP) is -2.68. The van der Waals surface area contributed by atoms with Crippen LogP contribution in [0.3, 0.4) is 0 Å². The van der Waals surface area contributed by atoms with E-state index < -0.39 is 66.3 Å². The molecular weight excluding hydrogens is 486 g/mol. The van der Waals surface area contributed by atoms with Gasteiger partial charge in [0.1, 0.15) is 18.1 Å². The summed E-state index contributed by atoms with van der Waals surface area (Å²) in [7, 11) is 0. The second kappa shape index (κ2) is 13.7. The Hall–Kier alpha value is -4.30. The van der Waals surface area contributed by atoms with E-state index in [1.807, 2.05) is 0 Å². The van der Waals surface area contributed by atoms with Crippen LogP contribution in [0.25, 0.3) is 0 Å². The summed E-state index contributed by atoms with van der Waals surface area (Å²) < 4.78 is 0. The number of carboxylic acids is 1. The van der Waals surface area contributed by atoms with E-state index in [-0.39, 0.29) is 12.8 Å². The highest BCUT2D eigenvalue weighted by Crippen LogP contribution is 2.06. The summed E-state index contributed by atoms with van der Waals surface area (Å²) in [6.07, 6.45) is 0.782. The van der Waals surface area contributed by atoms with E-state index in [0.29, 0.717) is 11.3 Å².